The summed E-state index contributed by atoms with van der Waals surface area (Å²) in [5.41, 5.74) is -2.05. The monoisotopic (exact) mass is 384 g/mol. The minimum absolute atomic E-state index is 0.127. The lowest BCUT2D eigenvalue weighted by molar-refractivity contribution is -0.151. The van der Waals surface area contributed by atoms with E-state index >= 15 is 0 Å². The number of carbonyl (C=O) groups is 3. The average molecular weight is 384 g/mol. The molecule has 0 aliphatic heterocycles. The normalized spacial score (nSPS) is 12.4. The van der Waals surface area contributed by atoms with Gasteiger partial charge >= 0.3 is 11.9 Å². The Hall–Kier alpha value is -3.58. The summed E-state index contributed by atoms with van der Waals surface area (Å²) in [5.74, 6) is -3.80. The topological polar surface area (TPSA) is 112 Å². The van der Waals surface area contributed by atoms with E-state index in [4.69, 9.17) is 10.2 Å². The van der Waals surface area contributed by atoms with Crippen LogP contribution in [0.2, 0.25) is 0 Å². The first-order chi connectivity index (χ1) is 13.2. The lowest BCUT2D eigenvalue weighted by Crippen LogP contribution is -2.43. The van der Waals surface area contributed by atoms with Gasteiger partial charge in [0.05, 0.1) is 5.56 Å². The molecule has 144 valence electrons. The largest absolute Gasteiger partial charge is 0.479 e. The van der Waals surface area contributed by atoms with Crippen molar-refractivity contribution in [1.29, 1.82) is 0 Å². The van der Waals surface area contributed by atoms with Gasteiger partial charge in [-0.1, -0.05) is 54.6 Å². The smallest absolute Gasteiger partial charge is 0.343 e. The van der Waals surface area contributed by atoms with Gasteiger partial charge < -0.3 is 15.3 Å². The Labute approximate surface area is 159 Å². The van der Waals surface area contributed by atoms with Crippen LogP contribution in [0.3, 0.4) is 0 Å². The number of Topliss-reactive ketones (excluding diaryl/α,β-unsaturated/α-hetero) is 1. The second kappa shape index (κ2) is 8.41. The number of carboxylic acid groups (broad SMARTS) is 2. The molecule has 0 aliphatic rings. The number of carbonyl (C=O) groups excluding carboxylic acids is 1. The third-order valence-electron chi connectivity index (χ3n) is 4.00. The lowest BCUT2D eigenvalue weighted by atomic mass is 9.95. The fourth-order valence-electron chi connectivity index (χ4n) is 2.42. The molecule has 7 heteroatoms. The Morgan fingerprint density at radius 3 is 1.89 bits per heavy atom. The Morgan fingerprint density at radius 1 is 0.821 bits per heavy atom. The number of fused-ring (bicyclic) bond motifs is 1. The first-order valence-corrected chi connectivity index (χ1v) is 8.12. The Balaban J connectivity index is 0.000000200. The van der Waals surface area contributed by atoms with Crippen LogP contribution < -0.4 is 0 Å². The third kappa shape index (κ3) is 4.39. The van der Waals surface area contributed by atoms with Gasteiger partial charge in [-0.3, -0.25) is 4.79 Å². The maximum Gasteiger partial charge on any atom is 0.343 e. The van der Waals surface area contributed by atoms with E-state index in [2.05, 4.69) is 0 Å². The number of hydrogen-bond acceptors (Lipinski definition) is 4. The van der Waals surface area contributed by atoms with E-state index in [1.165, 1.54) is 24.3 Å². The summed E-state index contributed by atoms with van der Waals surface area (Å²) in [4.78, 5) is 32.8. The molecule has 0 spiro atoms. The highest BCUT2D eigenvalue weighted by Crippen LogP contribution is 2.21. The molecular formula is C21H17FO6. The van der Waals surface area contributed by atoms with Gasteiger partial charge in [0.1, 0.15) is 5.82 Å². The second-order valence-corrected chi connectivity index (χ2v) is 6.02. The van der Waals surface area contributed by atoms with E-state index in [0.29, 0.717) is 10.8 Å². The molecule has 0 saturated heterocycles. The highest BCUT2D eigenvalue weighted by molar-refractivity contribution is 6.14. The zero-order valence-corrected chi connectivity index (χ0v) is 14.8. The molecule has 1 atom stereocenters. The van der Waals surface area contributed by atoms with Crippen molar-refractivity contribution in [3.8, 4) is 0 Å². The van der Waals surface area contributed by atoms with Gasteiger partial charge in [0.25, 0.3) is 0 Å². The van der Waals surface area contributed by atoms with Gasteiger partial charge in [-0.2, -0.15) is 0 Å². The van der Waals surface area contributed by atoms with Crippen molar-refractivity contribution in [2.75, 3.05) is 0 Å². The van der Waals surface area contributed by atoms with Crippen molar-refractivity contribution >= 4 is 28.5 Å². The number of aliphatic hydroxyl groups is 1. The minimum atomic E-state index is -2.36. The van der Waals surface area contributed by atoms with Gasteiger partial charge in [-0.05, 0) is 24.4 Å². The van der Waals surface area contributed by atoms with Crippen LogP contribution in [0.1, 0.15) is 27.6 Å². The van der Waals surface area contributed by atoms with Crippen molar-refractivity contribution in [2.45, 2.75) is 12.5 Å². The number of halogens is 1. The standard InChI is InChI=1S/C11H7FO2.C10H10O4/c12-10-6-5-9(11(13)14)7-3-1-2-4-8(7)10;1-10(14,9(12)13)8(11)7-5-3-2-4-6-7/h1-6H,(H,13,14);2-6,14H,1H3,(H,12,13). The molecule has 0 radical (unpaired) electrons. The molecule has 1 unspecified atom stereocenters. The van der Waals surface area contributed by atoms with E-state index in [1.54, 1.807) is 42.5 Å². The number of ketones is 1. The second-order valence-electron chi connectivity index (χ2n) is 6.02. The summed E-state index contributed by atoms with van der Waals surface area (Å²) in [6.07, 6.45) is 0. The molecule has 6 nitrogen and oxygen atoms in total. The Kier molecular flexibility index (Phi) is 6.22. The number of aromatic carboxylic acids is 1. The van der Waals surface area contributed by atoms with Crippen molar-refractivity contribution in [2.24, 2.45) is 0 Å². The van der Waals surface area contributed by atoms with E-state index in [-0.39, 0.29) is 11.1 Å². The number of rotatable bonds is 4. The molecule has 3 N–H and O–H groups in total. The van der Waals surface area contributed by atoms with Crippen LogP contribution in [0.25, 0.3) is 10.8 Å². The maximum atomic E-state index is 13.2. The summed E-state index contributed by atoms with van der Waals surface area (Å²) < 4.78 is 13.2. The van der Waals surface area contributed by atoms with E-state index < -0.39 is 29.1 Å². The Bertz CT molecular complexity index is 1030. The molecule has 0 amide bonds. The Morgan fingerprint density at radius 2 is 1.36 bits per heavy atom. The van der Waals surface area contributed by atoms with Crippen molar-refractivity contribution in [3.63, 3.8) is 0 Å². The van der Waals surface area contributed by atoms with Crippen molar-refractivity contribution in [1.82, 2.24) is 0 Å². The molecule has 0 fully saturated rings. The molecule has 0 saturated carbocycles. The SMILES string of the molecule is CC(O)(C(=O)O)C(=O)c1ccccc1.O=C(O)c1ccc(F)c2ccccc12. The van der Waals surface area contributed by atoms with Crippen LogP contribution >= 0.6 is 0 Å². The third-order valence-corrected chi connectivity index (χ3v) is 4.00. The summed E-state index contributed by atoms with van der Waals surface area (Å²) in [6.45, 7) is 0.963. The van der Waals surface area contributed by atoms with Crippen molar-refractivity contribution in [3.05, 3.63) is 83.7 Å². The maximum absolute atomic E-state index is 13.2. The molecule has 3 rings (SSSR count). The molecule has 3 aromatic carbocycles. The van der Waals surface area contributed by atoms with Crippen LogP contribution in [0, 0.1) is 5.82 Å². The predicted molar refractivity (Wildman–Crippen MR) is 99.9 cm³/mol. The van der Waals surface area contributed by atoms with Gasteiger partial charge in [-0.25, -0.2) is 14.0 Å². The van der Waals surface area contributed by atoms with Crippen molar-refractivity contribution < 1.29 is 34.1 Å². The van der Waals surface area contributed by atoms with Gasteiger partial charge in [0.15, 0.2) is 0 Å². The van der Waals surface area contributed by atoms with Crippen LogP contribution in [0.15, 0.2) is 66.7 Å². The zero-order valence-electron chi connectivity index (χ0n) is 14.8. The van der Waals surface area contributed by atoms with E-state index in [1.807, 2.05) is 0 Å². The van der Waals surface area contributed by atoms with E-state index in [9.17, 15) is 23.9 Å². The molecule has 0 heterocycles. The summed E-state index contributed by atoms with van der Waals surface area (Å²) in [6, 6.07) is 16.8. The van der Waals surface area contributed by atoms with Crippen LogP contribution in [0.5, 0.6) is 0 Å². The minimum Gasteiger partial charge on any atom is -0.479 e. The van der Waals surface area contributed by atoms with Gasteiger partial charge in [0.2, 0.25) is 11.4 Å². The molecule has 0 bridgehead atoms. The average Bonchev–Trinajstić information content (AvgIpc) is 2.68. The first kappa shape index (κ1) is 20.7. The van der Waals surface area contributed by atoms with Crippen LogP contribution in [0.4, 0.5) is 4.39 Å². The number of benzene rings is 3. The fourth-order valence-corrected chi connectivity index (χ4v) is 2.42. The highest BCUT2D eigenvalue weighted by atomic mass is 19.1. The molecule has 3 aromatic rings. The van der Waals surface area contributed by atoms with Crippen LogP contribution in [-0.2, 0) is 4.79 Å². The first-order valence-electron chi connectivity index (χ1n) is 8.12. The quantitative estimate of drug-likeness (QED) is 0.470. The van der Waals surface area contributed by atoms with Gasteiger partial charge in [0, 0.05) is 10.9 Å². The lowest BCUT2D eigenvalue weighted by Gasteiger charge is -2.15. The molecule has 28 heavy (non-hydrogen) atoms. The predicted octanol–water partition coefficient (Wildman–Crippen LogP) is 3.38. The highest BCUT2D eigenvalue weighted by Gasteiger charge is 2.39. The molecule has 0 aromatic heterocycles. The number of aliphatic carboxylic acids is 1. The summed E-state index contributed by atoms with van der Waals surface area (Å²) >= 11 is 0. The number of carboxylic acids is 2. The zero-order chi connectivity index (χ0) is 20.9. The molecular weight excluding hydrogens is 367 g/mol. The van der Waals surface area contributed by atoms with E-state index in [0.717, 1.165) is 6.92 Å². The fraction of sp³-hybridized carbons (Fsp3) is 0.0952. The summed E-state index contributed by atoms with van der Waals surface area (Å²) in [5, 5.41) is 27.6. The summed E-state index contributed by atoms with van der Waals surface area (Å²) in [7, 11) is 0. The number of hydrogen-bond donors (Lipinski definition) is 3. The van der Waals surface area contributed by atoms with Crippen LogP contribution in [-0.4, -0.2) is 38.6 Å². The molecule has 0 aliphatic carbocycles. The van der Waals surface area contributed by atoms with Gasteiger partial charge in [-0.15, -0.1) is 0 Å².